The maximum Gasteiger partial charge on any atom is 0.178 e. The number of hydrogen-bond acceptors (Lipinski definition) is 5. The molecule has 0 fully saturated rings. The Bertz CT molecular complexity index is 3280. The van der Waals surface area contributed by atoms with Crippen molar-refractivity contribution in [2.45, 2.75) is 5.41 Å². The van der Waals surface area contributed by atoms with Crippen LogP contribution in [0.1, 0.15) is 22.3 Å². The van der Waals surface area contributed by atoms with E-state index in [-0.39, 0.29) is 0 Å². The first-order valence-electron chi connectivity index (χ1n) is 21.2. The molecule has 5 heteroatoms. The van der Waals surface area contributed by atoms with Gasteiger partial charge in [0.05, 0.1) is 22.5 Å². The molecule has 0 unspecified atom stereocenters. The summed E-state index contributed by atoms with van der Waals surface area (Å²) in [6.07, 6.45) is 1.82. The first-order chi connectivity index (χ1) is 31.2. The summed E-state index contributed by atoms with van der Waals surface area (Å²) >= 11 is 0. The molecule has 0 bridgehead atoms. The van der Waals surface area contributed by atoms with Gasteiger partial charge in [0.2, 0.25) is 0 Å². The van der Waals surface area contributed by atoms with E-state index in [0.717, 1.165) is 67.3 Å². The van der Waals surface area contributed by atoms with Crippen LogP contribution in [0.3, 0.4) is 0 Å². The molecule has 0 atom stereocenters. The van der Waals surface area contributed by atoms with Crippen molar-refractivity contribution in [1.82, 2.24) is 15.0 Å². The van der Waals surface area contributed by atoms with Crippen molar-refractivity contribution < 1.29 is 9.47 Å². The maximum absolute atomic E-state index is 6.89. The molecule has 10 aromatic rings. The van der Waals surface area contributed by atoms with E-state index < -0.39 is 5.41 Å². The number of fused-ring (bicyclic) bond motifs is 6. The fourth-order valence-electron chi connectivity index (χ4n) is 9.41. The molecule has 3 heterocycles. The van der Waals surface area contributed by atoms with Crippen LogP contribution in [0.4, 0.5) is 0 Å². The normalized spacial score (nSPS) is 12.8. The standard InChI is InChI=1S/C58H37N3O2/c1-4-15-39(16-5-1)50-37-51(43-18-14-17-42(35-43)49-25-12-13-34-59-49)61-57(60-50)40-28-26-38(27-29-40)41-30-32-52-54(36-41)62-53-33-31-48-55(56(53)63-52)46-23-10-11-24-47(46)58(48,44-19-6-2-7-20-44)45-21-8-3-9-22-45/h1-37H. The van der Waals surface area contributed by atoms with Gasteiger partial charge in [-0.3, -0.25) is 4.98 Å². The minimum atomic E-state index is -0.524. The molecular formula is C58H37N3O2. The zero-order valence-corrected chi connectivity index (χ0v) is 34.0. The van der Waals surface area contributed by atoms with E-state index in [1.54, 1.807) is 0 Å². The zero-order chi connectivity index (χ0) is 41.7. The number of ether oxygens (including phenoxy) is 2. The summed E-state index contributed by atoms with van der Waals surface area (Å²) in [6.45, 7) is 0. The van der Waals surface area contributed by atoms with Gasteiger partial charge < -0.3 is 9.47 Å². The highest BCUT2D eigenvalue weighted by Gasteiger charge is 2.48. The second-order valence-electron chi connectivity index (χ2n) is 15.9. The van der Waals surface area contributed by atoms with Crippen LogP contribution in [-0.2, 0) is 5.41 Å². The monoisotopic (exact) mass is 807 g/mol. The molecule has 2 aliphatic rings. The minimum Gasteiger partial charge on any atom is -0.449 e. The second kappa shape index (κ2) is 14.9. The smallest absolute Gasteiger partial charge is 0.178 e. The molecule has 0 saturated heterocycles. The fraction of sp³-hybridized carbons (Fsp3) is 0.0172. The van der Waals surface area contributed by atoms with E-state index in [9.17, 15) is 0 Å². The van der Waals surface area contributed by atoms with Crippen LogP contribution in [0.25, 0.3) is 67.4 Å². The Labute approximate surface area is 365 Å². The van der Waals surface area contributed by atoms with Crippen molar-refractivity contribution in [3.63, 3.8) is 0 Å². The maximum atomic E-state index is 6.89. The molecule has 0 saturated carbocycles. The van der Waals surface area contributed by atoms with Gasteiger partial charge in [0.25, 0.3) is 0 Å². The first-order valence-corrected chi connectivity index (χ1v) is 21.2. The molecule has 1 aliphatic heterocycles. The summed E-state index contributed by atoms with van der Waals surface area (Å²) in [4.78, 5) is 14.8. The number of nitrogens with zero attached hydrogens (tertiary/aromatic N) is 3. The lowest BCUT2D eigenvalue weighted by Gasteiger charge is -2.34. The Balaban J connectivity index is 0.888. The van der Waals surface area contributed by atoms with E-state index >= 15 is 0 Å². The molecule has 1 aliphatic carbocycles. The molecular weight excluding hydrogens is 771 g/mol. The van der Waals surface area contributed by atoms with Crippen molar-refractivity contribution >= 4 is 0 Å². The molecule has 296 valence electrons. The highest BCUT2D eigenvalue weighted by molar-refractivity contribution is 5.92. The number of aromatic nitrogens is 3. The molecule has 0 amide bonds. The van der Waals surface area contributed by atoms with Crippen LogP contribution in [0.5, 0.6) is 23.0 Å². The number of hydrogen-bond donors (Lipinski definition) is 0. The lowest BCUT2D eigenvalue weighted by molar-refractivity contribution is 0.360. The van der Waals surface area contributed by atoms with Gasteiger partial charge >= 0.3 is 0 Å². The topological polar surface area (TPSA) is 57.1 Å². The van der Waals surface area contributed by atoms with Crippen LogP contribution >= 0.6 is 0 Å². The molecule has 0 N–H and O–H groups in total. The molecule has 5 nitrogen and oxygen atoms in total. The Kier molecular flexibility index (Phi) is 8.64. The van der Waals surface area contributed by atoms with Gasteiger partial charge in [0, 0.05) is 34.0 Å². The van der Waals surface area contributed by atoms with Crippen LogP contribution in [-0.4, -0.2) is 15.0 Å². The van der Waals surface area contributed by atoms with E-state index in [0.29, 0.717) is 23.1 Å². The second-order valence-corrected chi connectivity index (χ2v) is 15.9. The third kappa shape index (κ3) is 6.13. The molecule has 0 radical (unpaired) electrons. The van der Waals surface area contributed by atoms with Crippen molar-refractivity contribution in [3.05, 3.63) is 247 Å². The van der Waals surface area contributed by atoms with Crippen LogP contribution in [0.15, 0.2) is 225 Å². The number of pyridine rings is 1. The minimum absolute atomic E-state index is 0.524. The molecule has 8 aromatic carbocycles. The van der Waals surface area contributed by atoms with Gasteiger partial charge in [-0.15, -0.1) is 0 Å². The lowest BCUT2D eigenvalue weighted by atomic mass is 9.68. The summed E-state index contributed by atoms with van der Waals surface area (Å²) in [7, 11) is 0. The Morgan fingerprint density at radius 3 is 1.68 bits per heavy atom. The Morgan fingerprint density at radius 1 is 0.349 bits per heavy atom. The molecule has 12 rings (SSSR count). The van der Waals surface area contributed by atoms with Gasteiger partial charge in [-0.2, -0.15) is 0 Å². The van der Waals surface area contributed by atoms with Crippen molar-refractivity contribution in [2.24, 2.45) is 0 Å². The summed E-state index contributed by atoms with van der Waals surface area (Å²) in [6, 6.07) is 75.8. The third-order valence-corrected chi connectivity index (χ3v) is 12.3. The van der Waals surface area contributed by atoms with E-state index in [2.05, 4.69) is 181 Å². The average molecular weight is 808 g/mol. The predicted molar refractivity (Wildman–Crippen MR) is 251 cm³/mol. The van der Waals surface area contributed by atoms with Gasteiger partial charge in [-0.25, -0.2) is 9.97 Å². The molecule has 0 spiro atoms. The Hall–Kier alpha value is -8.41. The van der Waals surface area contributed by atoms with E-state index in [1.807, 2.05) is 48.7 Å². The summed E-state index contributed by atoms with van der Waals surface area (Å²) in [5.74, 6) is 3.43. The molecule has 2 aromatic heterocycles. The largest absolute Gasteiger partial charge is 0.449 e. The quantitative estimate of drug-likeness (QED) is 0.161. The van der Waals surface area contributed by atoms with Crippen molar-refractivity contribution in [2.75, 3.05) is 0 Å². The predicted octanol–water partition coefficient (Wildman–Crippen LogP) is 14.5. The first kappa shape index (κ1) is 36.4. The zero-order valence-electron chi connectivity index (χ0n) is 34.0. The van der Waals surface area contributed by atoms with Crippen molar-refractivity contribution in [1.29, 1.82) is 0 Å². The van der Waals surface area contributed by atoms with Gasteiger partial charge in [0.15, 0.2) is 28.8 Å². The summed E-state index contributed by atoms with van der Waals surface area (Å²) < 4.78 is 13.6. The Morgan fingerprint density at radius 2 is 0.952 bits per heavy atom. The highest BCUT2D eigenvalue weighted by atomic mass is 16.6. The SMILES string of the molecule is c1ccc(-c2cc(-c3cccc(-c4ccccn4)c3)nc(-c3ccc(-c4ccc5c(c4)Oc4ccc6c(c4O5)-c4ccccc4C6(c4ccccc4)c4ccccc4)cc3)n2)cc1. The van der Waals surface area contributed by atoms with E-state index in [1.165, 1.54) is 22.3 Å². The fourth-order valence-corrected chi connectivity index (χ4v) is 9.41. The number of benzene rings is 8. The summed E-state index contributed by atoms with van der Waals surface area (Å²) in [5, 5.41) is 0. The third-order valence-electron chi connectivity index (χ3n) is 12.3. The van der Waals surface area contributed by atoms with Crippen LogP contribution in [0, 0.1) is 0 Å². The molecule has 63 heavy (non-hydrogen) atoms. The van der Waals surface area contributed by atoms with Gasteiger partial charge in [0.1, 0.15) is 0 Å². The van der Waals surface area contributed by atoms with Crippen molar-refractivity contribution in [3.8, 4) is 90.4 Å². The van der Waals surface area contributed by atoms with Gasteiger partial charge in [-0.05, 0) is 81.4 Å². The highest BCUT2D eigenvalue weighted by Crippen LogP contribution is 2.62. The van der Waals surface area contributed by atoms with E-state index in [4.69, 9.17) is 19.4 Å². The van der Waals surface area contributed by atoms with Crippen LogP contribution in [0.2, 0.25) is 0 Å². The summed E-state index contributed by atoms with van der Waals surface area (Å²) in [5.41, 5.74) is 15.1. The van der Waals surface area contributed by atoms with Gasteiger partial charge in [-0.1, -0.05) is 176 Å². The van der Waals surface area contributed by atoms with Crippen LogP contribution < -0.4 is 9.47 Å². The lowest BCUT2D eigenvalue weighted by Crippen LogP contribution is -2.28. The average Bonchev–Trinajstić information content (AvgIpc) is 3.68. The number of rotatable bonds is 7.